The molecule has 0 radical (unpaired) electrons. The maximum atomic E-state index is 12.4. The second-order valence-electron chi connectivity index (χ2n) is 8.12. The quantitative estimate of drug-likeness (QED) is 0.168. The molecule has 0 amide bonds. The number of carboxylic acids is 1. The number of aromatic carboxylic acids is 1. The highest BCUT2D eigenvalue weighted by Crippen LogP contribution is 2.29. The van der Waals surface area contributed by atoms with Crippen molar-refractivity contribution in [3.05, 3.63) is 53.6 Å². The van der Waals surface area contributed by atoms with Crippen molar-refractivity contribution >= 4 is 11.9 Å². The zero-order valence-corrected chi connectivity index (χ0v) is 19.8. The Bertz CT molecular complexity index is 859. The minimum Gasteiger partial charge on any atom is -0.494 e. The monoisotopic (exact) mass is 456 g/mol. The lowest BCUT2D eigenvalue weighted by Crippen LogP contribution is -2.10. The average molecular weight is 457 g/mol. The van der Waals surface area contributed by atoms with Gasteiger partial charge in [0.15, 0.2) is 11.5 Å². The summed E-state index contributed by atoms with van der Waals surface area (Å²) in [6.07, 6.45) is 12.8. The molecule has 0 atom stereocenters. The number of esters is 1. The summed E-state index contributed by atoms with van der Waals surface area (Å²) >= 11 is 0. The lowest BCUT2D eigenvalue weighted by atomic mass is 10.1. The van der Waals surface area contributed by atoms with Gasteiger partial charge in [0.25, 0.3) is 0 Å². The summed E-state index contributed by atoms with van der Waals surface area (Å²) < 4.78 is 16.3. The summed E-state index contributed by atoms with van der Waals surface area (Å²) in [5, 5.41) is 9.07. The van der Waals surface area contributed by atoms with Gasteiger partial charge in [-0.1, -0.05) is 64.7 Å². The van der Waals surface area contributed by atoms with E-state index in [1.807, 2.05) is 0 Å². The molecule has 0 saturated carbocycles. The van der Waals surface area contributed by atoms with E-state index in [0.717, 1.165) is 6.42 Å². The predicted molar refractivity (Wildman–Crippen MR) is 129 cm³/mol. The molecule has 1 N–H and O–H groups in total. The topological polar surface area (TPSA) is 82.1 Å². The van der Waals surface area contributed by atoms with E-state index in [-0.39, 0.29) is 17.1 Å². The van der Waals surface area contributed by atoms with Crippen molar-refractivity contribution < 1.29 is 28.9 Å². The number of rotatable bonds is 16. The van der Waals surface area contributed by atoms with Crippen molar-refractivity contribution in [2.45, 2.75) is 71.1 Å². The fraction of sp³-hybridized carbons (Fsp3) is 0.481. The molecule has 0 spiro atoms. The third-order valence-electron chi connectivity index (χ3n) is 5.47. The number of hydrogen-bond acceptors (Lipinski definition) is 5. The van der Waals surface area contributed by atoms with Crippen LogP contribution in [-0.2, 0) is 0 Å². The van der Waals surface area contributed by atoms with Gasteiger partial charge in [-0.2, -0.15) is 0 Å². The van der Waals surface area contributed by atoms with E-state index < -0.39 is 11.9 Å². The van der Waals surface area contributed by atoms with Gasteiger partial charge in [0.05, 0.1) is 24.8 Å². The number of carboxylic acid groups (broad SMARTS) is 1. The fourth-order valence-corrected chi connectivity index (χ4v) is 3.51. The first-order chi connectivity index (χ1) is 16.0. The Morgan fingerprint density at radius 1 is 0.758 bits per heavy atom. The summed E-state index contributed by atoms with van der Waals surface area (Å²) in [5.74, 6) is -0.587. The highest BCUT2D eigenvalue weighted by atomic mass is 16.6. The molecule has 2 aromatic carbocycles. The van der Waals surface area contributed by atoms with E-state index >= 15 is 0 Å². The molecule has 0 bridgehead atoms. The van der Waals surface area contributed by atoms with Crippen LogP contribution in [0, 0.1) is 0 Å². The van der Waals surface area contributed by atoms with E-state index in [1.165, 1.54) is 83.1 Å². The predicted octanol–water partition coefficient (Wildman–Crippen LogP) is 6.91. The zero-order chi connectivity index (χ0) is 23.9. The number of carbonyl (C=O) groups is 2. The van der Waals surface area contributed by atoms with E-state index in [9.17, 15) is 9.59 Å². The maximum absolute atomic E-state index is 12.4. The first-order valence-corrected chi connectivity index (χ1v) is 11.9. The van der Waals surface area contributed by atoms with Gasteiger partial charge in [0.2, 0.25) is 0 Å². The minimum absolute atomic E-state index is 0.0514. The zero-order valence-electron chi connectivity index (χ0n) is 19.8. The van der Waals surface area contributed by atoms with Crippen LogP contribution in [0.15, 0.2) is 42.5 Å². The third kappa shape index (κ3) is 9.56. The Balaban J connectivity index is 1.69. The van der Waals surface area contributed by atoms with Crippen LogP contribution >= 0.6 is 0 Å². The molecular weight excluding hydrogens is 420 g/mol. The van der Waals surface area contributed by atoms with Gasteiger partial charge >= 0.3 is 11.9 Å². The van der Waals surface area contributed by atoms with Gasteiger partial charge in [0, 0.05) is 0 Å². The first kappa shape index (κ1) is 26.2. The summed E-state index contributed by atoms with van der Waals surface area (Å²) in [5.41, 5.74) is 0.418. The van der Waals surface area contributed by atoms with Crippen LogP contribution in [-0.4, -0.2) is 30.8 Å². The Kier molecular flexibility index (Phi) is 11.9. The molecule has 0 unspecified atom stereocenters. The number of carbonyl (C=O) groups excluding carboxylic acids is 1. The number of benzene rings is 2. The van der Waals surface area contributed by atoms with Gasteiger partial charge in [-0.3, -0.25) is 0 Å². The summed E-state index contributed by atoms with van der Waals surface area (Å²) in [6.45, 7) is 2.90. The van der Waals surface area contributed by atoms with Crippen molar-refractivity contribution in [1.29, 1.82) is 0 Å². The maximum Gasteiger partial charge on any atom is 0.343 e. The van der Waals surface area contributed by atoms with Gasteiger partial charge in [-0.05, 0) is 48.9 Å². The summed E-state index contributed by atoms with van der Waals surface area (Å²) in [4.78, 5) is 23.5. The van der Waals surface area contributed by atoms with Crippen LogP contribution in [0.3, 0.4) is 0 Å². The van der Waals surface area contributed by atoms with Crippen molar-refractivity contribution in [3.8, 4) is 17.2 Å². The fourth-order valence-electron chi connectivity index (χ4n) is 3.51. The molecule has 0 aliphatic carbocycles. The van der Waals surface area contributed by atoms with Crippen molar-refractivity contribution in [2.24, 2.45) is 0 Å². The van der Waals surface area contributed by atoms with Gasteiger partial charge < -0.3 is 19.3 Å². The molecule has 2 rings (SSSR count). The van der Waals surface area contributed by atoms with Crippen molar-refractivity contribution in [3.63, 3.8) is 0 Å². The van der Waals surface area contributed by atoms with Crippen LogP contribution in [0.4, 0.5) is 0 Å². The molecule has 0 aliphatic rings. The Hall–Kier alpha value is -3.02. The van der Waals surface area contributed by atoms with E-state index in [4.69, 9.17) is 19.3 Å². The molecule has 0 fully saturated rings. The Morgan fingerprint density at radius 2 is 1.33 bits per heavy atom. The first-order valence-electron chi connectivity index (χ1n) is 11.9. The van der Waals surface area contributed by atoms with E-state index in [0.29, 0.717) is 17.9 Å². The molecule has 6 nitrogen and oxygen atoms in total. The van der Waals surface area contributed by atoms with Crippen LogP contribution in [0.1, 0.15) is 91.8 Å². The van der Waals surface area contributed by atoms with Crippen molar-refractivity contribution in [2.75, 3.05) is 13.7 Å². The van der Waals surface area contributed by atoms with Gasteiger partial charge in [-0.15, -0.1) is 0 Å². The molecule has 6 heteroatoms. The SMILES string of the molecule is CCCCCCCCCCCCOc1ccc(C(=O)Oc2ccc(C(=O)O)cc2OC)cc1. The number of hydrogen-bond donors (Lipinski definition) is 1. The van der Waals surface area contributed by atoms with E-state index in [1.54, 1.807) is 24.3 Å². The van der Waals surface area contributed by atoms with Crippen molar-refractivity contribution in [1.82, 2.24) is 0 Å². The lowest BCUT2D eigenvalue weighted by molar-refractivity contribution is 0.0696. The highest BCUT2D eigenvalue weighted by molar-refractivity contribution is 5.92. The smallest absolute Gasteiger partial charge is 0.343 e. The molecular formula is C27H36O6. The minimum atomic E-state index is -1.08. The Morgan fingerprint density at radius 3 is 1.91 bits per heavy atom. The summed E-state index contributed by atoms with van der Waals surface area (Å²) in [7, 11) is 1.39. The van der Waals surface area contributed by atoms with Crippen LogP contribution in [0.2, 0.25) is 0 Å². The molecule has 0 heterocycles. The van der Waals surface area contributed by atoms with Gasteiger partial charge in [-0.25, -0.2) is 9.59 Å². The summed E-state index contributed by atoms with van der Waals surface area (Å²) in [6, 6.07) is 10.9. The van der Waals surface area contributed by atoms with E-state index in [2.05, 4.69) is 6.92 Å². The molecule has 0 aliphatic heterocycles. The van der Waals surface area contributed by atoms with Crippen LogP contribution in [0.25, 0.3) is 0 Å². The number of ether oxygens (including phenoxy) is 3. The molecule has 180 valence electrons. The second kappa shape index (κ2) is 14.9. The Labute approximate surface area is 196 Å². The third-order valence-corrected chi connectivity index (χ3v) is 5.47. The normalized spacial score (nSPS) is 10.6. The lowest BCUT2D eigenvalue weighted by Gasteiger charge is -2.10. The van der Waals surface area contributed by atoms with Gasteiger partial charge in [0.1, 0.15) is 5.75 Å². The van der Waals surface area contributed by atoms with Crippen LogP contribution < -0.4 is 14.2 Å². The number of unbranched alkanes of at least 4 members (excludes halogenated alkanes) is 9. The highest BCUT2D eigenvalue weighted by Gasteiger charge is 2.15. The molecule has 0 aromatic heterocycles. The standard InChI is InChI=1S/C27H36O6/c1-3-4-5-6-7-8-9-10-11-12-19-32-23-16-13-21(14-17-23)27(30)33-24-18-15-22(26(28)29)20-25(24)31-2/h13-18,20H,3-12,19H2,1-2H3,(H,28,29). The largest absolute Gasteiger partial charge is 0.494 e. The van der Waals surface area contributed by atoms with Crippen LogP contribution in [0.5, 0.6) is 17.2 Å². The average Bonchev–Trinajstić information content (AvgIpc) is 2.83. The second-order valence-corrected chi connectivity index (χ2v) is 8.12. The number of methoxy groups -OCH3 is 1. The molecule has 0 saturated heterocycles. The molecule has 33 heavy (non-hydrogen) atoms. The molecule has 2 aromatic rings.